The van der Waals surface area contributed by atoms with E-state index in [1.165, 1.54) is 24.0 Å². The Kier molecular flexibility index (Phi) is 6.75. The fraction of sp³-hybridized carbons (Fsp3) is 0.308. The Balaban J connectivity index is 1.24. The van der Waals surface area contributed by atoms with Crippen LogP contribution in [-0.2, 0) is 12.8 Å². The van der Waals surface area contributed by atoms with Crippen LogP contribution in [0.1, 0.15) is 34.3 Å². The number of piperidine rings is 1. The molecule has 0 unspecified atom stereocenters. The van der Waals surface area contributed by atoms with E-state index < -0.39 is 0 Å². The molecule has 0 saturated carbocycles. The van der Waals surface area contributed by atoms with Crippen LogP contribution >= 0.6 is 0 Å². The Morgan fingerprint density at radius 1 is 0.900 bits per heavy atom. The minimum absolute atomic E-state index is 0.0634. The Hall–Kier alpha value is -3.14. The van der Waals surface area contributed by atoms with Crippen LogP contribution in [0.25, 0.3) is 0 Å². The molecule has 30 heavy (non-hydrogen) atoms. The first-order valence-corrected chi connectivity index (χ1v) is 10.8. The smallest absolute Gasteiger partial charge is 0.252 e. The minimum Gasteiger partial charge on any atom is -0.357 e. The van der Waals surface area contributed by atoms with E-state index in [4.69, 9.17) is 0 Å². The average molecular weight is 400 g/mol. The molecule has 1 N–H and O–H groups in total. The van der Waals surface area contributed by atoms with Gasteiger partial charge in [-0.15, -0.1) is 0 Å². The fourth-order valence-corrected chi connectivity index (χ4v) is 4.09. The van der Waals surface area contributed by atoms with Gasteiger partial charge in [0, 0.05) is 25.8 Å². The van der Waals surface area contributed by atoms with Gasteiger partial charge in [-0.1, -0.05) is 60.7 Å². The van der Waals surface area contributed by atoms with Gasteiger partial charge in [-0.05, 0) is 54.9 Å². The fourth-order valence-electron chi connectivity index (χ4n) is 4.09. The van der Waals surface area contributed by atoms with Crippen molar-refractivity contribution in [2.75, 3.05) is 24.5 Å². The third-order valence-electron chi connectivity index (χ3n) is 5.86. The molecule has 0 radical (unpaired) electrons. The van der Waals surface area contributed by atoms with Gasteiger partial charge in [0.15, 0.2) is 0 Å². The van der Waals surface area contributed by atoms with E-state index in [0.717, 1.165) is 37.7 Å². The van der Waals surface area contributed by atoms with Crippen molar-refractivity contribution >= 4 is 11.7 Å². The van der Waals surface area contributed by atoms with Crippen molar-refractivity contribution in [3.05, 3.63) is 95.7 Å². The molecule has 0 bridgehead atoms. The zero-order chi connectivity index (χ0) is 20.6. The minimum atomic E-state index is -0.0634. The molecular formula is C26H29N3O. The second kappa shape index (κ2) is 10.1. The summed E-state index contributed by atoms with van der Waals surface area (Å²) in [6.45, 7) is 2.67. The normalized spacial score (nSPS) is 14.5. The second-order valence-electron chi connectivity index (χ2n) is 8.02. The van der Waals surface area contributed by atoms with Gasteiger partial charge in [-0.25, -0.2) is 4.98 Å². The lowest BCUT2D eigenvalue weighted by atomic mass is 9.90. The molecule has 1 fully saturated rings. The maximum absolute atomic E-state index is 12.4. The van der Waals surface area contributed by atoms with E-state index >= 15 is 0 Å². The average Bonchev–Trinajstić information content (AvgIpc) is 2.81. The molecule has 1 saturated heterocycles. The summed E-state index contributed by atoms with van der Waals surface area (Å²) in [4.78, 5) is 19.3. The Bertz CT molecular complexity index is 918. The number of nitrogens with zero attached hydrogens (tertiary/aromatic N) is 2. The molecule has 0 atom stereocenters. The van der Waals surface area contributed by atoms with Gasteiger partial charge in [-0.3, -0.25) is 4.79 Å². The van der Waals surface area contributed by atoms with Crippen LogP contribution in [0, 0.1) is 5.92 Å². The standard InChI is InChI=1S/C26H29N3O/c30-26(27-16-13-21-7-3-1-4-8-21)24-11-12-25(28-20-24)29-17-14-23(15-18-29)19-22-9-5-2-6-10-22/h1-12,20,23H,13-19H2,(H,27,30). The summed E-state index contributed by atoms with van der Waals surface area (Å²) in [7, 11) is 0. The number of hydrogen-bond donors (Lipinski definition) is 1. The zero-order valence-corrected chi connectivity index (χ0v) is 17.3. The van der Waals surface area contributed by atoms with Gasteiger partial charge >= 0.3 is 0 Å². The van der Waals surface area contributed by atoms with E-state index in [-0.39, 0.29) is 5.91 Å². The topological polar surface area (TPSA) is 45.2 Å². The molecule has 4 nitrogen and oxygen atoms in total. The lowest BCUT2D eigenvalue weighted by Gasteiger charge is -2.33. The lowest BCUT2D eigenvalue weighted by Crippen LogP contribution is -2.35. The third-order valence-corrected chi connectivity index (χ3v) is 5.86. The largest absolute Gasteiger partial charge is 0.357 e. The highest BCUT2D eigenvalue weighted by molar-refractivity contribution is 5.94. The Morgan fingerprint density at radius 3 is 2.20 bits per heavy atom. The van der Waals surface area contributed by atoms with Crippen LogP contribution in [0.4, 0.5) is 5.82 Å². The molecule has 0 aliphatic carbocycles. The first-order valence-electron chi connectivity index (χ1n) is 10.8. The molecular weight excluding hydrogens is 370 g/mol. The number of carbonyl (C=O) groups is 1. The van der Waals surface area contributed by atoms with Crippen LogP contribution in [0.3, 0.4) is 0 Å². The van der Waals surface area contributed by atoms with E-state index in [2.05, 4.69) is 57.7 Å². The SMILES string of the molecule is O=C(NCCc1ccccc1)c1ccc(N2CCC(Cc3ccccc3)CC2)nc1. The van der Waals surface area contributed by atoms with Crippen molar-refractivity contribution in [2.24, 2.45) is 5.92 Å². The maximum Gasteiger partial charge on any atom is 0.252 e. The van der Waals surface area contributed by atoms with Gasteiger partial charge in [0.2, 0.25) is 0 Å². The number of amides is 1. The van der Waals surface area contributed by atoms with Crippen LogP contribution < -0.4 is 10.2 Å². The molecule has 4 rings (SSSR count). The number of aromatic nitrogens is 1. The summed E-state index contributed by atoms with van der Waals surface area (Å²) in [5.41, 5.74) is 3.27. The first-order chi connectivity index (χ1) is 14.8. The monoisotopic (exact) mass is 399 g/mol. The van der Waals surface area contributed by atoms with Crippen LogP contribution in [-0.4, -0.2) is 30.5 Å². The maximum atomic E-state index is 12.4. The molecule has 4 heteroatoms. The number of pyridine rings is 1. The van der Waals surface area contributed by atoms with Crippen LogP contribution in [0.15, 0.2) is 79.0 Å². The van der Waals surface area contributed by atoms with Crippen molar-refractivity contribution in [1.82, 2.24) is 10.3 Å². The molecule has 2 aromatic carbocycles. The third kappa shape index (κ3) is 5.47. The van der Waals surface area contributed by atoms with Gasteiger partial charge in [0.1, 0.15) is 5.82 Å². The lowest BCUT2D eigenvalue weighted by molar-refractivity contribution is 0.0954. The van der Waals surface area contributed by atoms with E-state index in [1.54, 1.807) is 6.20 Å². The van der Waals surface area contributed by atoms with Crippen molar-refractivity contribution in [3.8, 4) is 0 Å². The molecule has 2 heterocycles. The zero-order valence-electron chi connectivity index (χ0n) is 17.3. The van der Waals surface area contributed by atoms with Gasteiger partial charge in [0.25, 0.3) is 5.91 Å². The predicted molar refractivity (Wildman–Crippen MR) is 122 cm³/mol. The quantitative estimate of drug-likeness (QED) is 0.636. The van der Waals surface area contributed by atoms with E-state index in [9.17, 15) is 4.79 Å². The number of nitrogens with one attached hydrogen (secondary N) is 1. The summed E-state index contributed by atoms with van der Waals surface area (Å²) >= 11 is 0. The summed E-state index contributed by atoms with van der Waals surface area (Å²) in [5, 5.41) is 2.98. The number of benzene rings is 2. The molecule has 1 amide bonds. The molecule has 1 aliphatic rings. The summed E-state index contributed by atoms with van der Waals surface area (Å²) < 4.78 is 0. The number of carbonyl (C=O) groups excluding carboxylic acids is 1. The van der Waals surface area contributed by atoms with Crippen molar-refractivity contribution < 1.29 is 4.79 Å². The van der Waals surface area contributed by atoms with Gasteiger partial charge in [0.05, 0.1) is 5.56 Å². The Labute approximate surface area is 179 Å². The van der Waals surface area contributed by atoms with Crippen LogP contribution in [0.2, 0.25) is 0 Å². The highest BCUT2D eigenvalue weighted by atomic mass is 16.1. The molecule has 3 aromatic rings. The van der Waals surface area contributed by atoms with Crippen molar-refractivity contribution in [1.29, 1.82) is 0 Å². The van der Waals surface area contributed by atoms with Gasteiger partial charge in [-0.2, -0.15) is 0 Å². The highest BCUT2D eigenvalue weighted by Gasteiger charge is 2.20. The number of hydrogen-bond acceptors (Lipinski definition) is 3. The molecule has 154 valence electrons. The number of rotatable bonds is 7. The predicted octanol–water partition coefficient (Wildman–Crippen LogP) is 4.51. The summed E-state index contributed by atoms with van der Waals surface area (Å²) in [6.07, 6.45) is 6.04. The number of anilines is 1. The Morgan fingerprint density at radius 2 is 1.57 bits per heavy atom. The second-order valence-corrected chi connectivity index (χ2v) is 8.02. The van der Waals surface area contributed by atoms with E-state index in [1.807, 2.05) is 30.3 Å². The molecule has 1 aromatic heterocycles. The first kappa shape index (κ1) is 20.1. The molecule has 1 aliphatic heterocycles. The van der Waals surface area contributed by atoms with Gasteiger partial charge < -0.3 is 10.2 Å². The van der Waals surface area contributed by atoms with E-state index in [0.29, 0.717) is 12.1 Å². The summed E-state index contributed by atoms with van der Waals surface area (Å²) in [5.74, 6) is 1.64. The van der Waals surface area contributed by atoms with Crippen molar-refractivity contribution in [2.45, 2.75) is 25.7 Å². The molecule has 0 spiro atoms. The highest BCUT2D eigenvalue weighted by Crippen LogP contribution is 2.24. The van der Waals surface area contributed by atoms with Crippen LogP contribution in [0.5, 0.6) is 0 Å². The summed E-state index contributed by atoms with van der Waals surface area (Å²) in [6, 6.07) is 24.8. The van der Waals surface area contributed by atoms with Crippen molar-refractivity contribution in [3.63, 3.8) is 0 Å².